The van der Waals surface area contributed by atoms with Crippen LogP contribution in [-0.4, -0.2) is 37.4 Å². The first kappa shape index (κ1) is 17.2. The minimum absolute atomic E-state index is 0.0139. The standard InChI is InChI=1S/C17H23NO3/c1-4-6-16(12-21-3)18-17(20)15-10-13(2)9-14(11-15)7-5-8-19/h9-11,16,19H,4,6,8,12H2,1-3H3,(H,18,20). The number of hydrogen-bond acceptors (Lipinski definition) is 3. The number of carbonyl (C=O) groups is 1. The lowest BCUT2D eigenvalue weighted by Crippen LogP contribution is -2.38. The van der Waals surface area contributed by atoms with Crippen LogP contribution in [-0.2, 0) is 4.74 Å². The highest BCUT2D eigenvalue weighted by atomic mass is 16.5. The van der Waals surface area contributed by atoms with E-state index < -0.39 is 0 Å². The molecule has 0 aliphatic heterocycles. The molecule has 4 nitrogen and oxygen atoms in total. The number of methoxy groups -OCH3 is 1. The maximum absolute atomic E-state index is 12.3. The summed E-state index contributed by atoms with van der Waals surface area (Å²) < 4.78 is 5.13. The second-order valence-electron chi connectivity index (χ2n) is 4.96. The van der Waals surface area contributed by atoms with Crippen molar-refractivity contribution in [1.29, 1.82) is 0 Å². The van der Waals surface area contributed by atoms with Crippen LogP contribution in [0.15, 0.2) is 18.2 Å². The number of hydrogen-bond donors (Lipinski definition) is 2. The third-order valence-electron chi connectivity index (χ3n) is 2.99. The Bertz CT molecular complexity index is 523. The van der Waals surface area contributed by atoms with E-state index in [0.717, 1.165) is 24.0 Å². The van der Waals surface area contributed by atoms with Crippen LogP contribution in [0.1, 0.15) is 41.3 Å². The first-order valence-corrected chi connectivity index (χ1v) is 7.12. The maximum Gasteiger partial charge on any atom is 0.251 e. The molecule has 114 valence electrons. The molecule has 1 aromatic carbocycles. The summed E-state index contributed by atoms with van der Waals surface area (Å²) in [5.74, 6) is 5.30. The van der Waals surface area contributed by atoms with Crippen molar-refractivity contribution in [3.05, 3.63) is 34.9 Å². The fourth-order valence-corrected chi connectivity index (χ4v) is 2.14. The Morgan fingerprint density at radius 3 is 2.81 bits per heavy atom. The van der Waals surface area contributed by atoms with Gasteiger partial charge in [-0.15, -0.1) is 0 Å². The summed E-state index contributed by atoms with van der Waals surface area (Å²) in [6.45, 7) is 4.30. The summed E-state index contributed by atoms with van der Waals surface area (Å²) >= 11 is 0. The quantitative estimate of drug-likeness (QED) is 0.786. The molecule has 0 fully saturated rings. The lowest BCUT2D eigenvalue weighted by atomic mass is 10.1. The van der Waals surface area contributed by atoms with Gasteiger partial charge in [0.2, 0.25) is 0 Å². The molecule has 2 N–H and O–H groups in total. The summed E-state index contributed by atoms with van der Waals surface area (Å²) in [4.78, 5) is 12.3. The van der Waals surface area contributed by atoms with Crippen LogP contribution in [0.5, 0.6) is 0 Å². The van der Waals surface area contributed by atoms with Gasteiger partial charge in [0.05, 0.1) is 12.6 Å². The molecule has 4 heteroatoms. The second kappa shape index (κ2) is 9.17. The summed E-state index contributed by atoms with van der Waals surface area (Å²) in [6.07, 6.45) is 1.86. The third kappa shape index (κ3) is 5.99. The van der Waals surface area contributed by atoms with E-state index in [1.54, 1.807) is 13.2 Å². The summed E-state index contributed by atoms with van der Waals surface area (Å²) in [5.41, 5.74) is 2.27. The first-order chi connectivity index (χ1) is 10.1. The lowest BCUT2D eigenvalue weighted by molar-refractivity contribution is 0.0891. The zero-order valence-electron chi connectivity index (χ0n) is 12.9. The van der Waals surface area contributed by atoms with Crippen molar-refractivity contribution in [3.8, 4) is 11.8 Å². The Labute approximate surface area is 126 Å². The van der Waals surface area contributed by atoms with Gasteiger partial charge >= 0.3 is 0 Å². The number of carbonyl (C=O) groups excluding carboxylic acids is 1. The molecule has 1 amide bonds. The topological polar surface area (TPSA) is 58.6 Å². The van der Waals surface area contributed by atoms with E-state index in [0.29, 0.717) is 12.2 Å². The molecule has 0 saturated heterocycles. The van der Waals surface area contributed by atoms with Crippen molar-refractivity contribution >= 4 is 5.91 Å². The monoisotopic (exact) mass is 289 g/mol. The number of ether oxygens (including phenoxy) is 1. The van der Waals surface area contributed by atoms with E-state index in [-0.39, 0.29) is 18.6 Å². The molecule has 0 aromatic heterocycles. The van der Waals surface area contributed by atoms with Gasteiger partial charge in [-0.05, 0) is 37.1 Å². The molecule has 1 atom stereocenters. The van der Waals surface area contributed by atoms with Crippen LogP contribution in [0, 0.1) is 18.8 Å². The zero-order valence-corrected chi connectivity index (χ0v) is 12.9. The summed E-state index contributed by atoms with van der Waals surface area (Å²) in [5, 5.41) is 11.7. The van der Waals surface area contributed by atoms with E-state index in [2.05, 4.69) is 24.1 Å². The molecule has 0 saturated carbocycles. The summed E-state index contributed by atoms with van der Waals surface area (Å²) in [7, 11) is 1.63. The van der Waals surface area contributed by atoms with Crippen molar-refractivity contribution in [2.75, 3.05) is 20.3 Å². The molecule has 1 rings (SSSR count). The predicted molar refractivity (Wildman–Crippen MR) is 83.2 cm³/mol. The molecule has 0 spiro atoms. The average molecular weight is 289 g/mol. The Morgan fingerprint density at radius 1 is 1.43 bits per heavy atom. The molecule has 1 aromatic rings. The van der Waals surface area contributed by atoms with E-state index in [9.17, 15) is 4.79 Å². The van der Waals surface area contributed by atoms with Crippen molar-refractivity contribution in [2.45, 2.75) is 32.7 Å². The van der Waals surface area contributed by atoms with Gasteiger partial charge in [-0.25, -0.2) is 0 Å². The Hall–Kier alpha value is -1.83. The maximum atomic E-state index is 12.3. The molecule has 1 unspecified atom stereocenters. The van der Waals surface area contributed by atoms with Crippen LogP contribution in [0.3, 0.4) is 0 Å². The van der Waals surface area contributed by atoms with Crippen LogP contribution >= 0.6 is 0 Å². The van der Waals surface area contributed by atoms with E-state index in [1.165, 1.54) is 0 Å². The van der Waals surface area contributed by atoms with Gasteiger partial charge in [-0.3, -0.25) is 4.79 Å². The van der Waals surface area contributed by atoms with Gasteiger partial charge in [-0.1, -0.05) is 25.2 Å². The Kier molecular flexibility index (Phi) is 7.52. The van der Waals surface area contributed by atoms with Crippen molar-refractivity contribution in [3.63, 3.8) is 0 Å². The Morgan fingerprint density at radius 2 is 2.19 bits per heavy atom. The highest BCUT2D eigenvalue weighted by Crippen LogP contribution is 2.10. The highest BCUT2D eigenvalue weighted by molar-refractivity contribution is 5.95. The fraction of sp³-hybridized carbons (Fsp3) is 0.471. The number of aliphatic hydroxyl groups is 1. The molecule has 0 radical (unpaired) electrons. The van der Waals surface area contributed by atoms with E-state index in [4.69, 9.17) is 9.84 Å². The van der Waals surface area contributed by atoms with Gasteiger partial charge in [0.15, 0.2) is 0 Å². The number of benzene rings is 1. The number of rotatable bonds is 6. The minimum atomic E-state index is -0.193. The summed E-state index contributed by atoms with van der Waals surface area (Å²) in [6, 6.07) is 5.47. The van der Waals surface area contributed by atoms with Gasteiger partial charge in [0, 0.05) is 18.2 Å². The number of aliphatic hydroxyl groups excluding tert-OH is 1. The largest absolute Gasteiger partial charge is 0.384 e. The predicted octanol–water partition coefficient (Wildman–Crippen LogP) is 1.88. The smallest absolute Gasteiger partial charge is 0.251 e. The first-order valence-electron chi connectivity index (χ1n) is 7.12. The lowest BCUT2D eigenvalue weighted by Gasteiger charge is -2.17. The normalized spacial score (nSPS) is 11.4. The van der Waals surface area contributed by atoms with Crippen LogP contribution in [0.4, 0.5) is 0 Å². The molecule has 0 aliphatic rings. The van der Waals surface area contributed by atoms with Crippen molar-refractivity contribution in [2.24, 2.45) is 0 Å². The molecule has 0 bridgehead atoms. The molecule has 21 heavy (non-hydrogen) atoms. The van der Waals surface area contributed by atoms with Crippen molar-refractivity contribution in [1.82, 2.24) is 5.32 Å². The SMILES string of the molecule is CCCC(COC)NC(=O)c1cc(C)cc(C#CCO)c1. The molecule has 0 aliphatic carbocycles. The van der Waals surface area contributed by atoms with Gasteiger partial charge < -0.3 is 15.2 Å². The van der Waals surface area contributed by atoms with Crippen molar-refractivity contribution < 1.29 is 14.6 Å². The van der Waals surface area contributed by atoms with Gasteiger partial charge in [-0.2, -0.15) is 0 Å². The van der Waals surface area contributed by atoms with Gasteiger partial charge in [0.1, 0.15) is 6.61 Å². The number of amides is 1. The Balaban J connectivity index is 2.88. The minimum Gasteiger partial charge on any atom is -0.384 e. The molecular weight excluding hydrogens is 266 g/mol. The average Bonchev–Trinajstić information content (AvgIpc) is 2.45. The van der Waals surface area contributed by atoms with Gasteiger partial charge in [0.25, 0.3) is 5.91 Å². The van der Waals surface area contributed by atoms with Crippen LogP contribution in [0.2, 0.25) is 0 Å². The fourth-order valence-electron chi connectivity index (χ4n) is 2.14. The highest BCUT2D eigenvalue weighted by Gasteiger charge is 2.13. The third-order valence-corrected chi connectivity index (χ3v) is 2.99. The van der Waals surface area contributed by atoms with Crippen LogP contribution in [0.25, 0.3) is 0 Å². The zero-order chi connectivity index (χ0) is 15.7. The number of aryl methyl sites for hydroxylation is 1. The van der Waals surface area contributed by atoms with E-state index in [1.807, 2.05) is 19.1 Å². The second-order valence-corrected chi connectivity index (χ2v) is 4.96. The van der Waals surface area contributed by atoms with Crippen LogP contribution < -0.4 is 5.32 Å². The molecular formula is C17H23NO3. The molecule has 0 heterocycles. The van der Waals surface area contributed by atoms with E-state index >= 15 is 0 Å². The number of nitrogens with one attached hydrogen (secondary N) is 1.